The van der Waals surface area contributed by atoms with Crippen molar-refractivity contribution in [1.82, 2.24) is 10.6 Å². The smallest absolute Gasteiger partial charge is 0.407 e. The number of carboxylic acids is 1. The summed E-state index contributed by atoms with van der Waals surface area (Å²) in [4.78, 5) is 36.3. The highest BCUT2D eigenvalue weighted by atomic mass is 16.6. The lowest BCUT2D eigenvalue weighted by Crippen LogP contribution is -2.56. The molecule has 2 aromatic rings. The van der Waals surface area contributed by atoms with Crippen LogP contribution in [0.25, 0.3) is 11.1 Å². The van der Waals surface area contributed by atoms with Gasteiger partial charge in [-0.25, -0.2) is 9.59 Å². The maximum Gasteiger partial charge on any atom is 0.407 e. The Kier molecular flexibility index (Phi) is 5.88. The number of alkyl carbamates (subject to hydrolysis) is 1. The van der Waals surface area contributed by atoms with Crippen LogP contribution < -0.4 is 10.6 Å². The topological polar surface area (TPSA) is 114 Å². The zero-order valence-electron chi connectivity index (χ0n) is 18.0. The van der Waals surface area contributed by atoms with E-state index in [0.29, 0.717) is 6.42 Å². The van der Waals surface area contributed by atoms with Gasteiger partial charge in [0, 0.05) is 12.5 Å². The van der Waals surface area contributed by atoms with Crippen LogP contribution in [0, 0.1) is 0 Å². The van der Waals surface area contributed by atoms with Crippen LogP contribution in [0.4, 0.5) is 4.79 Å². The highest BCUT2D eigenvalue weighted by Crippen LogP contribution is 2.44. The van der Waals surface area contributed by atoms with E-state index in [1.165, 1.54) is 13.8 Å². The van der Waals surface area contributed by atoms with Crippen LogP contribution in [0.3, 0.4) is 0 Å². The van der Waals surface area contributed by atoms with Crippen LogP contribution in [0.2, 0.25) is 0 Å². The van der Waals surface area contributed by atoms with Crippen molar-refractivity contribution in [2.75, 3.05) is 13.2 Å². The first-order valence-corrected chi connectivity index (χ1v) is 10.6. The van der Waals surface area contributed by atoms with E-state index < -0.39 is 35.7 Å². The van der Waals surface area contributed by atoms with E-state index in [4.69, 9.17) is 9.47 Å². The van der Waals surface area contributed by atoms with Crippen molar-refractivity contribution in [3.8, 4) is 11.1 Å². The van der Waals surface area contributed by atoms with Gasteiger partial charge in [-0.1, -0.05) is 48.5 Å². The quantitative estimate of drug-likeness (QED) is 0.639. The van der Waals surface area contributed by atoms with Gasteiger partial charge in [0.25, 0.3) is 5.91 Å². The second-order valence-corrected chi connectivity index (χ2v) is 8.58. The Morgan fingerprint density at radius 1 is 1.06 bits per heavy atom. The minimum Gasteiger partial charge on any atom is -0.480 e. The molecule has 0 radical (unpaired) electrons. The fraction of sp³-hybridized carbons (Fsp3) is 0.375. The Hall–Kier alpha value is -3.39. The highest BCUT2D eigenvalue weighted by Gasteiger charge is 2.39. The first kappa shape index (κ1) is 21.8. The Bertz CT molecular complexity index is 1000. The number of benzene rings is 2. The third kappa shape index (κ3) is 4.18. The predicted molar refractivity (Wildman–Crippen MR) is 116 cm³/mol. The molecule has 1 saturated heterocycles. The molecule has 0 spiro atoms. The fourth-order valence-corrected chi connectivity index (χ4v) is 4.22. The predicted octanol–water partition coefficient (Wildman–Crippen LogP) is 2.66. The van der Waals surface area contributed by atoms with E-state index in [1.807, 2.05) is 36.4 Å². The Morgan fingerprint density at radius 3 is 2.25 bits per heavy atom. The number of hydrogen-bond acceptors (Lipinski definition) is 5. The summed E-state index contributed by atoms with van der Waals surface area (Å²) in [5, 5.41) is 14.4. The summed E-state index contributed by atoms with van der Waals surface area (Å²) in [6.07, 6.45) is -1.19. The summed E-state index contributed by atoms with van der Waals surface area (Å²) in [6.45, 7) is 3.21. The van der Waals surface area contributed by atoms with Crippen LogP contribution in [0.1, 0.15) is 37.3 Å². The van der Waals surface area contributed by atoms with Crippen molar-refractivity contribution >= 4 is 18.0 Å². The molecule has 1 fully saturated rings. The molecule has 1 aliphatic heterocycles. The Balaban J connectivity index is 1.38. The number of fused-ring (bicyclic) bond motifs is 3. The van der Waals surface area contributed by atoms with Gasteiger partial charge in [-0.05, 0) is 42.5 Å². The van der Waals surface area contributed by atoms with Crippen LogP contribution in [-0.4, -0.2) is 54.0 Å². The van der Waals surface area contributed by atoms with E-state index in [1.54, 1.807) is 0 Å². The molecule has 0 bridgehead atoms. The maximum absolute atomic E-state index is 12.5. The van der Waals surface area contributed by atoms with Crippen molar-refractivity contribution < 1.29 is 29.0 Å². The van der Waals surface area contributed by atoms with Crippen LogP contribution in [0.5, 0.6) is 0 Å². The van der Waals surface area contributed by atoms with Crippen molar-refractivity contribution in [1.29, 1.82) is 0 Å². The summed E-state index contributed by atoms with van der Waals surface area (Å²) in [5.74, 6) is -1.81. The number of carbonyl (C=O) groups excluding carboxylic acids is 2. The molecule has 3 N–H and O–H groups in total. The lowest BCUT2D eigenvalue weighted by atomic mass is 9.98. The van der Waals surface area contributed by atoms with Gasteiger partial charge in [0.2, 0.25) is 0 Å². The molecule has 2 aromatic carbocycles. The molecule has 0 unspecified atom stereocenters. The SMILES string of the molecule is CC(C)(NC(=O)[C@@H]1OCC[C@@H]1NC(=O)OCC1c2ccccc2-c2ccccc21)C(=O)O. The molecular weight excluding hydrogens is 412 g/mol. The van der Waals surface area contributed by atoms with Gasteiger partial charge in [0.1, 0.15) is 12.1 Å². The first-order chi connectivity index (χ1) is 15.3. The molecule has 1 heterocycles. The molecule has 1 aliphatic carbocycles. The number of carboxylic acid groups (broad SMARTS) is 1. The molecule has 0 saturated carbocycles. The van der Waals surface area contributed by atoms with Crippen molar-refractivity contribution in [3.05, 3.63) is 59.7 Å². The van der Waals surface area contributed by atoms with Gasteiger partial charge in [0.05, 0.1) is 6.04 Å². The zero-order valence-corrected chi connectivity index (χ0v) is 18.0. The number of aliphatic carboxylic acids is 1. The van der Waals surface area contributed by atoms with E-state index in [-0.39, 0.29) is 19.1 Å². The van der Waals surface area contributed by atoms with Crippen LogP contribution >= 0.6 is 0 Å². The molecule has 2 amide bonds. The molecule has 2 atom stereocenters. The average Bonchev–Trinajstić information content (AvgIpc) is 3.34. The largest absolute Gasteiger partial charge is 0.480 e. The molecule has 168 valence electrons. The maximum atomic E-state index is 12.5. The lowest BCUT2D eigenvalue weighted by molar-refractivity contribution is -0.148. The van der Waals surface area contributed by atoms with Crippen molar-refractivity contribution in [2.45, 2.75) is 43.9 Å². The molecule has 0 aromatic heterocycles. The summed E-state index contributed by atoms with van der Waals surface area (Å²) < 4.78 is 11.0. The number of carbonyl (C=O) groups is 3. The summed E-state index contributed by atoms with van der Waals surface area (Å²) in [7, 11) is 0. The van der Waals surface area contributed by atoms with Crippen LogP contribution in [-0.2, 0) is 19.1 Å². The zero-order chi connectivity index (χ0) is 22.9. The average molecular weight is 438 g/mol. The normalized spacial score (nSPS) is 19.7. The second kappa shape index (κ2) is 8.63. The third-order valence-electron chi connectivity index (χ3n) is 5.97. The van der Waals surface area contributed by atoms with Gasteiger partial charge in [-0.2, -0.15) is 0 Å². The highest BCUT2D eigenvalue weighted by molar-refractivity contribution is 5.89. The Morgan fingerprint density at radius 2 is 1.66 bits per heavy atom. The lowest BCUT2D eigenvalue weighted by Gasteiger charge is -2.25. The number of amides is 2. The van der Waals surface area contributed by atoms with Gasteiger partial charge in [0.15, 0.2) is 6.10 Å². The molecule has 2 aliphatic rings. The molecular formula is C24H26N2O6. The number of ether oxygens (including phenoxy) is 2. The monoisotopic (exact) mass is 438 g/mol. The first-order valence-electron chi connectivity index (χ1n) is 10.6. The number of rotatable bonds is 6. The van der Waals surface area contributed by atoms with Crippen LogP contribution in [0.15, 0.2) is 48.5 Å². The minimum atomic E-state index is -1.45. The van der Waals surface area contributed by atoms with E-state index in [2.05, 4.69) is 22.8 Å². The summed E-state index contributed by atoms with van der Waals surface area (Å²) in [5.41, 5.74) is 3.05. The van der Waals surface area contributed by atoms with E-state index in [0.717, 1.165) is 22.3 Å². The Labute approximate surface area is 185 Å². The van der Waals surface area contributed by atoms with Gasteiger partial charge in [-0.3, -0.25) is 4.79 Å². The molecule has 8 heteroatoms. The third-order valence-corrected chi connectivity index (χ3v) is 5.97. The summed E-state index contributed by atoms with van der Waals surface area (Å²) in [6, 6.07) is 15.5. The van der Waals surface area contributed by atoms with E-state index in [9.17, 15) is 19.5 Å². The molecule has 4 rings (SSSR count). The van der Waals surface area contributed by atoms with Crippen molar-refractivity contribution in [2.24, 2.45) is 0 Å². The van der Waals surface area contributed by atoms with Crippen molar-refractivity contribution in [3.63, 3.8) is 0 Å². The van der Waals surface area contributed by atoms with Gasteiger partial charge < -0.3 is 25.2 Å². The molecule has 32 heavy (non-hydrogen) atoms. The minimum absolute atomic E-state index is 0.0663. The number of nitrogens with one attached hydrogen (secondary N) is 2. The number of hydrogen-bond donors (Lipinski definition) is 3. The fourth-order valence-electron chi connectivity index (χ4n) is 4.22. The second-order valence-electron chi connectivity index (χ2n) is 8.58. The standard InChI is InChI=1S/C24H26N2O6/c1-24(2,22(28)29)26-21(27)20-19(11-12-31-20)25-23(30)32-13-18-16-9-5-3-7-14(16)15-8-4-6-10-17(15)18/h3-10,18-20H,11-13H2,1-2H3,(H,25,30)(H,26,27)(H,28,29)/t19-,20+/m0/s1. The summed E-state index contributed by atoms with van der Waals surface area (Å²) >= 11 is 0. The van der Waals surface area contributed by atoms with Gasteiger partial charge in [-0.15, -0.1) is 0 Å². The van der Waals surface area contributed by atoms with Gasteiger partial charge >= 0.3 is 12.1 Å². The van der Waals surface area contributed by atoms with E-state index >= 15 is 0 Å². The molecule has 8 nitrogen and oxygen atoms in total.